The van der Waals surface area contributed by atoms with Crippen molar-refractivity contribution in [3.05, 3.63) is 0 Å². The number of hydrogen-bond donors (Lipinski definition) is 1. The van der Waals surface area contributed by atoms with Crippen molar-refractivity contribution in [2.45, 2.75) is 33.2 Å². The van der Waals surface area contributed by atoms with Crippen molar-refractivity contribution in [1.29, 1.82) is 0 Å². The highest BCUT2D eigenvalue weighted by molar-refractivity contribution is 5.67. The van der Waals surface area contributed by atoms with Gasteiger partial charge in [0, 0.05) is 38.8 Å². The van der Waals surface area contributed by atoms with Crippen molar-refractivity contribution >= 4 is 6.09 Å². The maximum Gasteiger partial charge on any atom is 0.407 e. The molecule has 19 heavy (non-hydrogen) atoms. The molecule has 0 aromatic heterocycles. The van der Waals surface area contributed by atoms with Crippen molar-refractivity contribution in [2.75, 3.05) is 46.4 Å². The van der Waals surface area contributed by atoms with Crippen molar-refractivity contribution in [2.24, 2.45) is 5.92 Å². The molecule has 0 radical (unpaired) electrons. The number of rotatable bonds is 6. The number of amides is 1. The molecule has 1 aliphatic heterocycles. The lowest BCUT2D eigenvalue weighted by atomic mass is 10.0. The summed E-state index contributed by atoms with van der Waals surface area (Å²) in [5.74, 6) is 0.633. The lowest BCUT2D eigenvalue weighted by Gasteiger charge is -2.38. The molecule has 112 valence electrons. The molecule has 1 heterocycles. The van der Waals surface area contributed by atoms with E-state index in [4.69, 9.17) is 4.74 Å². The standard InChI is InChI=1S/C14H29N3O2/c1-5-19-14(18)15-11-13(10-12(2)3)17-8-6-16(4)7-9-17/h12-13H,5-11H2,1-4H3,(H,15,18). The number of nitrogens with zero attached hydrogens (tertiary/aromatic N) is 2. The van der Waals surface area contributed by atoms with E-state index in [2.05, 4.69) is 36.0 Å². The van der Waals surface area contributed by atoms with Gasteiger partial charge < -0.3 is 15.0 Å². The Bertz CT molecular complexity index is 263. The molecular weight excluding hydrogens is 242 g/mol. The van der Waals surface area contributed by atoms with Gasteiger partial charge in [0.15, 0.2) is 0 Å². The van der Waals surface area contributed by atoms with Gasteiger partial charge in [-0.1, -0.05) is 13.8 Å². The van der Waals surface area contributed by atoms with Crippen LogP contribution in [0.15, 0.2) is 0 Å². The summed E-state index contributed by atoms with van der Waals surface area (Å²) in [4.78, 5) is 16.2. The lowest BCUT2D eigenvalue weighted by molar-refractivity contribution is 0.0954. The topological polar surface area (TPSA) is 44.8 Å². The second-order valence-corrected chi connectivity index (χ2v) is 5.72. The summed E-state index contributed by atoms with van der Waals surface area (Å²) in [5, 5.41) is 2.88. The smallest absolute Gasteiger partial charge is 0.407 e. The minimum absolute atomic E-state index is 0.301. The lowest BCUT2D eigenvalue weighted by Crippen LogP contribution is -2.52. The number of likely N-dealkylation sites (N-methyl/N-ethyl adjacent to an activating group) is 1. The van der Waals surface area contributed by atoms with Gasteiger partial charge in [-0.25, -0.2) is 4.79 Å². The fraction of sp³-hybridized carbons (Fsp3) is 0.929. The highest BCUT2D eigenvalue weighted by atomic mass is 16.5. The van der Waals surface area contributed by atoms with Gasteiger partial charge in [-0.05, 0) is 26.3 Å². The summed E-state index contributed by atoms with van der Waals surface area (Å²) in [6.07, 6.45) is 0.807. The number of hydrogen-bond acceptors (Lipinski definition) is 4. The maximum atomic E-state index is 11.4. The zero-order valence-electron chi connectivity index (χ0n) is 12.8. The number of alkyl carbamates (subject to hydrolysis) is 1. The highest BCUT2D eigenvalue weighted by Gasteiger charge is 2.23. The predicted octanol–water partition coefficient (Wildman–Crippen LogP) is 1.39. The van der Waals surface area contributed by atoms with E-state index < -0.39 is 0 Å². The Labute approximate surface area is 117 Å². The normalized spacial score (nSPS) is 19.4. The molecule has 1 N–H and O–H groups in total. The molecule has 1 amide bonds. The Morgan fingerprint density at radius 1 is 1.26 bits per heavy atom. The Morgan fingerprint density at radius 3 is 2.42 bits per heavy atom. The maximum absolute atomic E-state index is 11.4. The third kappa shape index (κ3) is 6.25. The molecule has 5 nitrogen and oxygen atoms in total. The van der Waals surface area contributed by atoms with Crippen LogP contribution >= 0.6 is 0 Å². The quantitative estimate of drug-likeness (QED) is 0.793. The average Bonchev–Trinajstić information content (AvgIpc) is 2.35. The number of ether oxygens (including phenoxy) is 1. The second kappa shape index (κ2) is 8.38. The summed E-state index contributed by atoms with van der Waals surface area (Å²) in [6, 6.07) is 0.415. The molecule has 0 saturated carbocycles. The second-order valence-electron chi connectivity index (χ2n) is 5.72. The molecule has 1 atom stereocenters. The Morgan fingerprint density at radius 2 is 1.89 bits per heavy atom. The molecule has 1 aliphatic rings. The molecule has 1 rings (SSSR count). The molecule has 1 saturated heterocycles. The van der Waals surface area contributed by atoms with Crippen LogP contribution < -0.4 is 5.32 Å². The van der Waals surface area contributed by atoms with Crippen LogP contribution in [0.2, 0.25) is 0 Å². The van der Waals surface area contributed by atoms with E-state index in [9.17, 15) is 4.79 Å². The zero-order chi connectivity index (χ0) is 14.3. The third-order valence-corrected chi connectivity index (χ3v) is 3.56. The van der Waals surface area contributed by atoms with Gasteiger partial charge in [0.2, 0.25) is 0 Å². The highest BCUT2D eigenvalue weighted by Crippen LogP contribution is 2.13. The van der Waals surface area contributed by atoms with Gasteiger partial charge in [-0.2, -0.15) is 0 Å². The fourth-order valence-electron chi connectivity index (χ4n) is 2.48. The Kier molecular flexibility index (Phi) is 7.16. The molecular formula is C14H29N3O2. The number of carbonyl (C=O) groups excluding carboxylic acids is 1. The Balaban J connectivity index is 2.44. The number of piperazine rings is 1. The van der Waals surface area contributed by atoms with Crippen LogP contribution in [0.25, 0.3) is 0 Å². The summed E-state index contributed by atoms with van der Waals surface area (Å²) in [5.41, 5.74) is 0. The summed E-state index contributed by atoms with van der Waals surface area (Å²) in [6.45, 7) is 11.8. The first-order chi connectivity index (χ1) is 9.02. The summed E-state index contributed by atoms with van der Waals surface area (Å²) < 4.78 is 4.92. The summed E-state index contributed by atoms with van der Waals surface area (Å²) >= 11 is 0. The van der Waals surface area contributed by atoms with E-state index in [1.54, 1.807) is 0 Å². The van der Waals surface area contributed by atoms with E-state index >= 15 is 0 Å². The predicted molar refractivity (Wildman–Crippen MR) is 77.3 cm³/mol. The van der Waals surface area contributed by atoms with Gasteiger partial charge in [0.1, 0.15) is 0 Å². The van der Waals surface area contributed by atoms with Crippen LogP contribution in [-0.4, -0.2) is 68.3 Å². The Hall–Kier alpha value is -0.810. The molecule has 1 fully saturated rings. The van der Waals surface area contributed by atoms with E-state index in [0.717, 1.165) is 32.6 Å². The van der Waals surface area contributed by atoms with Gasteiger partial charge in [-0.15, -0.1) is 0 Å². The van der Waals surface area contributed by atoms with Crippen LogP contribution in [-0.2, 0) is 4.74 Å². The van der Waals surface area contributed by atoms with Crippen molar-refractivity contribution in [3.63, 3.8) is 0 Å². The molecule has 1 unspecified atom stereocenters. The first-order valence-corrected chi connectivity index (χ1v) is 7.36. The van der Waals surface area contributed by atoms with Crippen LogP contribution in [0.3, 0.4) is 0 Å². The SMILES string of the molecule is CCOC(=O)NCC(CC(C)C)N1CCN(C)CC1. The van der Waals surface area contributed by atoms with Gasteiger partial charge in [0.25, 0.3) is 0 Å². The van der Waals surface area contributed by atoms with E-state index in [1.165, 1.54) is 0 Å². The average molecular weight is 271 g/mol. The van der Waals surface area contributed by atoms with Gasteiger partial charge in [-0.3, -0.25) is 4.90 Å². The van der Waals surface area contributed by atoms with Crippen molar-refractivity contribution < 1.29 is 9.53 Å². The minimum atomic E-state index is -0.301. The van der Waals surface area contributed by atoms with E-state index in [0.29, 0.717) is 25.1 Å². The number of nitrogens with one attached hydrogen (secondary N) is 1. The monoisotopic (exact) mass is 271 g/mol. The largest absolute Gasteiger partial charge is 0.450 e. The van der Waals surface area contributed by atoms with Crippen LogP contribution in [0.5, 0.6) is 0 Å². The van der Waals surface area contributed by atoms with Crippen molar-refractivity contribution in [3.8, 4) is 0 Å². The fourth-order valence-corrected chi connectivity index (χ4v) is 2.48. The summed E-state index contributed by atoms with van der Waals surface area (Å²) in [7, 11) is 2.16. The van der Waals surface area contributed by atoms with Crippen LogP contribution in [0.4, 0.5) is 4.79 Å². The molecule has 0 bridgehead atoms. The van der Waals surface area contributed by atoms with Gasteiger partial charge >= 0.3 is 6.09 Å². The molecule has 0 aliphatic carbocycles. The molecule has 0 spiro atoms. The molecule has 0 aromatic carbocycles. The first kappa shape index (κ1) is 16.2. The van der Waals surface area contributed by atoms with E-state index in [-0.39, 0.29) is 6.09 Å². The minimum Gasteiger partial charge on any atom is -0.450 e. The molecule has 0 aromatic rings. The number of carbonyl (C=O) groups is 1. The zero-order valence-corrected chi connectivity index (χ0v) is 12.8. The van der Waals surface area contributed by atoms with Crippen LogP contribution in [0, 0.1) is 5.92 Å². The first-order valence-electron chi connectivity index (χ1n) is 7.36. The third-order valence-electron chi connectivity index (χ3n) is 3.56. The van der Waals surface area contributed by atoms with E-state index in [1.807, 2.05) is 6.92 Å². The van der Waals surface area contributed by atoms with Crippen LogP contribution in [0.1, 0.15) is 27.2 Å². The van der Waals surface area contributed by atoms with Crippen molar-refractivity contribution in [1.82, 2.24) is 15.1 Å². The van der Waals surface area contributed by atoms with Gasteiger partial charge in [0.05, 0.1) is 6.61 Å². The molecule has 5 heteroatoms.